The normalized spacial score (nSPS) is 21.1. The summed E-state index contributed by atoms with van der Waals surface area (Å²) in [5.74, 6) is 0.731. The molecule has 1 aliphatic heterocycles. The van der Waals surface area contributed by atoms with Gasteiger partial charge in [0.05, 0.1) is 11.5 Å². The number of aromatic nitrogens is 3. The van der Waals surface area contributed by atoms with E-state index in [4.69, 9.17) is 0 Å². The van der Waals surface area contributed by atoms with Gasteiger partial charge in [0.15, 0.2) is 6.04 Å². The highest BCUT2D eigenvalue weighted by Crippen LogP contribution is 2.35. The fourth-order valence-corrected chi connectivity index (χ4v) is 5.15. The number of aryl methyl sites for hydroxylation is 1. The number of thiazole rings is 1. The Balaban J connectivity index is 1.75. The molecule has 1 atom stereocenters. The fourth-order valence-electron chi connectivity index (χ4n) is 3.96. The van der Waals surface area contributed by atoms with E-state index in [9.17, 15) is 15.2 Å². The second-order valence-corrected chi connectivity index (χ2v) is 8.20. The van der Waals surface area contributed by atoms with Crippen LogP contribution in [0.4, 0.5) is 5.69 Å². The number of aromatic hydroxyl groups is 1. The smallest absolute Gasteiger partial charge is 0.269 e. The van der Waals surface area contributed by atoms with Gasteiger partial charge in [0, 0.05) is 17.7 Å². The highest BCUT2D eigenvalue weighted by atomic mass is 32.1. The zero-order chi connectivity index (χ0) is 19.8. The summed E-state index contributed by atoms with van der Waals surface area (Å²) in [5.41, 5.74) is 1.03. The third-order valence-corrected chi connectivity index (χ3v) is 6.60. The standard InChI is InChI=1S/C18H22N6O3S/c1-3-21-8-10-22(11-9-21)15(13-4-6-14(7-5-13)24(26)27)16-17(25)23-18(28-16)19-12(2)20-23/h4-7,15,25H,3,8-11H2,1-2H3/p+2/t15-/m1/s1. The van der Waals surface area contributed by atoms with Crippen molar-refractivity contribution in [2.24, 2.45) is 0 Å². The molecule has 0 bridgehead atoms. The van der Waals surface area contributed by atoms with Gasteiger partial charge in [-0.1, -0.05) is 11.3 Å². The summed E-state index contributed by atoms with van der Waals surface area (Å²) in [5, 5.41) is 26.2. The summed E-state index contributed by atoms with van der Waals surface area (Å²) >= 11 is 1.44. The predicted octanol–water partition coefficient (Wildman–Crippen LogP) is -0.394. The minimum Gasteiger partial charge on any atom is -0.492 e. The van der Waals surface area contributed by atoms with Gasteiger partial charge in [-0.3, -0.25) is 10.1 Å². The summed E-state index contributed by atoms with van der Waals surface area (Å²) < 4.78 is 1.49. The van der Waals surface area contributed by atoms with Crippen molar-refractivity contribution in [2.45, 2.75) is 19.9 Å². The van der Waals surface area contributed by atoms with Crippen LogP contribution in [0, 0.1) is 17.0 Å². The SMILES string of the molecule is CC[NH+]1CC[NH+]([C@H](c2ccc([N+](=O)[O-])cc2)c2sc3nc(C)nn3c2O)CC1. The van der Waals surface area contributed by atoms with Crippen molar-refractivity contribution in [3.8, 4) is 5.88 Å². The van der Waals surface area contributed by atoms with Crippen LogP contribution in [-0.2, 0) is 0 Å². The topological polar surface area (TPSA) is 102 Å². The van der Waals surface area contributed by atoms with Gasteiger partial charge < -0.3 is 14.9 Å². The van der Waals surface area contributed by atoms with Crippen LogP contribution in [0.3, 0.4) is 0 Å². The number of hydrogen-bond acceptors (Lipinski definition) is 6. The molecule has 1 fully saturated rings. The molecule has 10 heteroatoms. The van der Waals surface area contributed by atoms with Crippen molar-refractivity contribution in [3.63, 3.8) is 0 Å². The van der Waals surface area contributed by atoms with Crippen LogP contribution < -0.4 is 9.80 Å². The quantitative estimate of drug-likeness (QED) is 0.397. The molecule has 0 aliphatic carbocycles. The van der Waals surface area contributed by atoms with Crippen molar-refractivity contribution < 1.29 is 19.8 Å². The van der Waals surface area contributed by atoms with E-state index in [1.54, 1.807) is 24.0 Å². The first-order chi connectivity index (χ1) is 13.5. The lowest BCUT2D eigenvalue weighted by Crippen LogP contribution is -3.28. The first-order valence-electron chi connectivity index (χ1n) is 9.45. The minimum atomic E-state index is -0.390. The van der Waals surface area contributed by atoms with Crippen molar-refractivity contribution in [3.05, 3.63) is 50.6 Å². The molecular weight excluding hydrogens is 380 g/mol. The molecule has 0 saturated carbocycles. The Labute approximate surface area is 166 Å². The lowest BCUT2D eigenvalue weighted by Gasteiger charge is -2.34. The highest BCUT2D eigenvalue weighted by Gasteiger charge is 2.36. The van der Waals surface area contributed by atoms with Crippen LogP contribution in [0.25, 0.3) is 4.96 Å². The second-order valence-electron chi connectivity index (χ2n) is 7.19. The molecule has 2 aromatic heterocycles. The molecule has 1 aromatic carbocycles. The van der Waals surface area contributed by atoms with Gasteiger partial charge >= 0.3 is 0 Å². The van der Waals surface area contributed by atoms with Crippen LogP contribution in [0.5, 0.6) is 5.88 Å². The number of non-ortho nitro benzene ring substituents is 1. The van der Waals surface area contributed by atoms with E-state index in [0.717, 1.165) is 43.2 Å². The molecule has 4 rings (SSSR count). The van der Waals surface area contributed by atoms with E-state index in [1.807, 2.05) is 0 Å². The summed E-state index contributed by atoms with van der Waals surface area (Å²) in [6, 6.07) is 6.57. The van der Waals surface area contributed by atoms with Crippen molar-refractivity contribution in [1.29, 1.82) is 0 Å². The van der Waals surface area contributed by atoms with Gasteiger partial charge in [-0.25, -0.2) is 4.98 Å². The molecule has 28 heavy (non-hydrogen) atoms. The van der Waals surface area contributed by atoms with E-state index >= 15 is 0 Å². The highest BCUT2D eigenvalue weighted by molar-refractivity contribution is 7.17. The van der Waals surface area contributed by atoms with Gasteiger partial charge in [0.2, 0.25) is 10.8 Å². The van der Waals surface area contributed by atoms with Crippen LogP contribution >= 0.6 is 11.3 Å². The Hall–Kier alpha value is -2.56. The Morgan fingerprint density at radius 2 is 1.96 bits per heavy atom. The van der Waals surface area contributed by atoms with Crippen molar-refractivity contribution in [1.82, 2.24) is 14.6 Å². The lowest BCUT2D eigenvalue weighted by atomic mass is 10.0. The number of hydrogen-bond donors (Lipinski definition) is 3. The number of quaternary nitrogens is 2. The fraction of sp³-hybridized carbons (Fsp3) is 0.444. The molecule has 0 unspecified atom stereocenters. The maximum Gasteiger partial charge on any atom is 0.269 e. The average Bonchev–Trinajstić information content (AvgIpc) is 3.20. The largest absolute Gasteiger partial charge is 0.492 e. The summed E-state index contributed by atoms with van der Waals surface area (Å²) in [7, 11) is 0. The molecule has 3 heterocycles. The van der Waals surface area contributed by atoms with Gasteiger partial charge in [-0.2, -0.15) is 4.52 Å². The number of nitro groups is 1. The molecule has 0 spiro atoms. The van der Waals surface area contributed by atoms with Crippen LogP contribution in [-0.4, -0.2) is 57.4 Å². The second kappa shape index (κ2) is 7.46. The van der Waals surface area contributed by atoms with Gasteiger partial charge in [-0.15, -0.1) is 5.10 Å². The zero-order valence-corrected chi connectivity index (χ0v) is 16.7. The number of nitrogens with one attached hydrogen (secondary N) is 2. The Morgan fingerprint density at radius 1 is 1.29 bits per heavy atom. The molecule has 3 N–H and O–H groups in total. The molecule has 1 saturated heterocycles. The molecule has 9 nitrogen and oxygen atoms in total. The van der Waals surface area contributed by atoms with Crippen LogP contribution in [0.2, 0.25) is 0 Å². The summed E-state index contributed by atoms with van der Waals surface area (Å²) in [4.78, 5) is 19.4. The van der Waals surface area contributed by atoms with Crippen molar-refractivity contribution in [2.75, 3.05) is 32.7 Å². The van der Waals surface area contributed by atoms with Gasteiger partial charge in [-0.05, 0) is 26.0 Å². The Kier molecular flexibility index (Phi) is 5.00. The Bertz CT molecular complexity index is 991. The number of likely N-dealkylation sites (N-methyl/N-ethyl adjacent to an activating group) is 1. The Morgan fingerprint density at radius 3 is 2.54 bits per heavy atom. The van der Waals surface area contributed by atoms with Gasteiger partial charge in [0.25, 0.3) is 5.69 Å². The first kappa shape index (κ1) is 18.8. The zero-order valence-electron chi connectivity index (χ0n) is 15.9. The average molecular weight is 404 g/mol. The lowest BCUT2D eigenvalue weighted by molar-refractivity contribution is -1.02. The number of piperazine rings is 1. The molecule has 1 aliphatic rings. The number of fused-ring (bicyclic) bond motifs is 1. The van der Waals surface area contributed by atoms with E-state index in [2.05, 4.69) is 17.0 Å². The minimum absolute atomic E-state index is 0.0697. The van der Waals surface area contributed by atoms with Crippen LogP contribution in [0.15, 0.2) is 24.3 Å². The molecule has 148 valence electrons. The third kappa shape index (κ3) is 3.34. The summed E-state index contributed by atoms with van der Waals surface area (Å²) in [6.45, 7) is 9.17. The number of benzene rings is 1. The predicted molar refractivity (Wildman–Crippen MR) is 104 cm³/mol. The molecular formula is C18H24N6O3S+2. The maximum absolute atomic E-state index is 11.0. The van der Waals surface area contributed by atoms with E-state index < -0.39 is 4.92 Å². The van der Waals surface area contributed by atoms with E-state index in [0.29, 0.717) is 10.8 Å². The van der Waals surface area contributed by atoms with E-state index in [1.165, 1.54) is 32.9 Å². The molecule has 0 amide bonds. The first-order valence-corrected chi connectivity index (χ1v) is 10.3. The molecule has 3 aromatic rings. The molecule has 0 radical (unpaired) electrons. The number of rotatable bonds is 5. The van der Waals surface area contributed by atoms with Crippen LogP contribution in [0.1, 0.15) is 29.2 Å². The monoisotopic (exact) mass is 404 g/mol. The van der Waals surface area contributed by atoms with Crippen molar-refractivity contribution >= 4 is 22.0 Å². The summed E-state index contributed by atoms with van der Waals surface area (Å²) in [6.07, 6.45) is 0. The number of nitrogens with zero attached hydrogens (tertiary/aromatic N) is 4. The third-order valence-electron chi connectivity index (χ3n) is 5.51. The van der Waals surface area contributed by atoms with E-state index in [-0.39, 0.29) is 17.6 Å². The van der Waals surface area contributed by atoms with Gasteiger partial charge in [0.1, 0.15) is 36.9 Å². The maximum atomic E-state index is 11.0. The number of nitro benzene ring substituents is 1.